The minimum Gasteiger partial charge on any atom is -0.493 e. The molecule has 0 atom stereocenters. The summed E-state index contributed by atoms with van der Waals surface area (Å²) >= 11 is 0. The lowest BCUT2D eigenvalue weighted by Gasteiger charge is -2.17. The molecule has 2 aliphatic heterocycles. The Labute approximate surface area is 194 Å². The van der Waals surface area contributed by atoms with Crippen molar-refractivity contribution in [2.45, 2.75) is 19.4 Å². The van der Waals surface area contributed by atoms with E-state index in [0.29, 0.717) is 48.0 Å². The molecule has 0 saturated heterocycles. The molecule has 2 N–H and O–H groups in total. The van der Waals surface area contributed by atoms with Crippen LogP contribution in [0.3, 0.4) is 0 Å². The first-order valence-corrected chi connectivity index (χ1v) is 11.0. The maximum Gasteiger partial charge on any atom is 0.251 e. The van der Waals surface area contributed by atoms with Gasteiger partial charge in [0, 0.05) is 48.0 Å². The van der Waals surface area contributed by atoms with Crippen LogP contribution in [-0.2, 0) is 19.4 Å². The first-order chi connectivity index (χ1) is 16.6. The van der Waals surface area contributed by atoms with Gasteiger partial charge in [-0.05, 0) is 35.7 Å². The molecule has 0 unspecified atom stereocenters. The summed E-state index contributed by atoms with van der Waals surface area (Å²) in [6.07, 6.45) is 4.69. The SMILES string of the molecule is N#Cc1cn2c(NCc3c(F)ccc4c3CCO4)ncc(-c3ccc4c(c3)CCNC4=O)c2n1. The van der Waals surface area contributed by atoms with Crippen LogP contribution >= 0.6 is 0 Å². The predicted molar refractivity (Wildman–Crippen MR) is 122 cm³/mol. The normalized spacial score (nSPS) is 14.2. The molecule has 2 aromatic heterocycles. The molecule has 4 aromatic rings. The number of hydrogen-bond donors (Lipinski definition) is 2. The van der Waals surface area contributed by atoms with Crippen molar-refractivity contribution in [3.8, 4) is 22.9 Å². The number of benzene rings is 2. The Hall–Kier alpha value is -4.45. The minimum atomic E-state index is -0.300. The quantitative estimate of drug-likeness (QED) is 0.491. The van der Waals surface area contributed by atoms with Crippen LogP contribution in [0.1, 0.15) is 32.7 Å². The van der Waals surface area contributed by atoms with Gasteiger partial charge < -0.3 is 15.4 Å². The van der Waals surface area contributed by atoms with E-state index in [2.05, 4.69) is 26.7 Å². The standard InChI is InChI=1S/C25H19FN6O2/c26-21-3-4-22-18(6-8-34-22)20(21)12-30-25-29-11-19(23-31-16(10-27)13-32(23)25)14-1-2-17-15(9-14)5-7-28-24(17)33/h1-4,9,11,13H,5-8,12H2,(H,28,33)(H,29,30). The number of imidazole rings is 1. The molecule has 0 spiro atoms. The number of carbonyl (C=O) groups excluding carboxylic acids is 1. The van der Waals surface area contributed by atoms with E-state index in [9.17, 15) is 14.4 Å². The molecule has 9 heteroatoms. The van der Waals surface area contributed by atoms with Crippen LogP contribution in [-0.4, -0.2) is 33.4 Å². The van der Waals surface area contributed by atoms with Crippen molar-refractivity contribution >= 4 is 17.5 Å². The molecule has 0 radical (unpaired) electrons. The van der Waals surface area contributed by atoms with Crippen molar-refractivity contribution < 1.29 is 13.9 Å². The number of fused-ring (bicyclic) bond motifs is 3. The largest absolute Gasteiger partial charge is 0.493 e. The third-order valence-electron chi connectivity index (χ3n) is 6.31. The molecule has 2 aliphatic rings. The summed E-state index contributed by atoms with van der Waals surface area (Å²) in [5.74, 6) is 0.780. The second kappa shape index (κ2) is 7.85. The molecule has 0 bridgehead atoms. The van der Waals surface area contributed by atoms with Crippen molar-refractivity contribution in [1.82, 2.24) is 19.7 Å². The van der Waals surface area contributed by atoms with Gasteiger partial charge in [-0.25, -0.2) is 14.4 Å². The molecular formula is C25H19FN6O2. The smallest absolute Gasteiger partial charge is 0.251 e. The fraction of sp³-hybridized carbons (Fsp3) is 0.200. The number of aromatic nitrogens is 3. The van der Waals surface area contributed by atoms with Gasteiger partial charge in [-0.2, -0.15) is 5.26 Å². The molecule has 0 aliphatic carbocycles. The summed E-state index contributed by atoms with van der Waals surface area (Å²) in [7, 11) is 0. The van der Waals surface area contributed by atoms with E-state index < -0.39 is 0 Å². The molecule has 1 amide bonds. The molecule has 168 valence electrons. The highest BCUT2D eigenvalue weighted by molar-refractivity contribution is 5.97. The Bertz CT molecular complexity index is 1520. The van der Waals surface area contributed by atoms with Crippen molar-refractivity contribution in [2.75, 3.05) is 18.5 Å². The summed E-state index contributed by atoms with van der Waals surface area (Å²) in [5, 5.41) is 15.5. The van der Waals surface area contributed by atoms with Gasteiger partial charge in [0.05, 0.1) is 12.8 Å². The Kier molecular flexibility index (Phi) is 4.66. The van der Waals surface area contributed by atoms with E-state index in [4.69, 9.17) is 4.74 Å². The van der Waals surface area contributed by atoms with Crippen molar-refractivity contribution in [3.05, 3.63) is 76.5 Å². The lowest BCUT2D eigenvalue weighted by Crippen LogP contribution is -2.31. The first-order valence-electron chi connectivity index (χ1n) is 11.0. The zero-order chi connectivity index (χ0) is 23.2. The van der Waals surface area contributed by atoms with E-state index in [1.165, 1.54) is 6.07 Å². The van der Waals surface area contributed by atoms with Crippen molar-refractivity contribution in [2.24, 2.45) is 0 Å². The summed E-state index contributed by atoms with van der Waals surface area (Å²) < 4.78 is 21.8. The lowest BCUT2D eigenvalue weighted by molar-refractivity contribution is 0.0946. The number of anilines is 1. The number of halogens is 1. The van der Waals surface area contributed by atoms with Crippen molar-refractivity contribution in [3.63, 3.8) is 0 Å². The third kappa shape index (κ3) is 3.23. The monoisotopic (exact) mass is 454 g/mol. The maximum atomic E-state index is 14.6. The van der Waals surface area contributed by atoms with Gasteiger partial charge in [-0.1, -0.05) is 12.1 Å². The maximum absolute atomic E-state index is 14.6. The summed E-state index contributed by atoms with van der Waals surface area (Å²) in [6.45, 7) is 1.35. The third-order valence-corrected chi connectivity index (χ3v) is 6.31. The summed E-state index contributed by atoms with van der Waals surface area (Å²) in [6, 6.07) is 10.8. The number of ether oxygens (including phenoxy) is 1. The number of amides is 1. The van der Waals surface area contributed by atoms with Gasteiger partial charge in [0.15, 0.2) is 11.3 Å². The average Bonchev–Trinajstić information content (AvgIpc) is 3.51. The number of nitrogens with one attached hydrogen (secondary N) is 2. The zero-order valence-electron chi connectivity index (χ0n) is 18.1. The van der Waals surface area contributed by atoms with Crippen LogP contribution < -0.4 is 15.4 Å². The van der Waals surface area contributed by atoms with Gasteiger partial charge in [0.2, 0.25) is 5.95 Å². The highest BCUT2D eigenvalue weighted by Gasteiger charge is 2.21. The Morgan fingerprint density at radius 1 is 1.24 bits per heavy atom. The Morgan fingerprint density at radius 2 is 2.15 bits per heavy atom. The lowest BCUT2D eigenvalue weighted by atomic mass is 9.96. The van der Waals surface area contributed by atoms with E-state index in [1.54, 1.807) is 28.9 Å². The molecule has 0 saturated carbocycles. The number of nitrogens with zero attached hydrogens (tertiary/aromatic N) is 4. The number of hydrogen-bond acceptors (Lipinski definition) is 6. The van der Waals surface area contributed by atoms with Gasteiger partial charge >= 0.3 is 0 Å². The van der Waals surface area contributed by atoms with Crippen molar-refractivity contribution in [1.29, 1.82) is 5.26 Å². The molecule has 8 nitrogen and oxygen atoms in total. The van der Waals surface area contributed by atoms with E-state index in [-0.39, 0.29) is 24.0 Å². The number of nitriles is 1. The van der Waals surface area contributed by atoms with Crippen LogP contribution in [0.5, 0.6) is 5.75 Å². The predicted octanol–water partition coefficient (Wildman–Crippen LogP) is 3.24. The molecule has 2 aromatic carbocycles. The van der Waals surface area contributed by atoms with Gasteiger partial charge in [0.25, 0.3) is 5.91 Å². The summed E-state index contributed by atoms with van der Waals surface area (Å²) in [4.78, 5) is 21.1. The Morgan fingerprint density at radius 3 is 3.03 bits per heavy atom. The van der Waals surface area contributed by atoms with Crippen LogP contribution in [0, 0.1) is 17.1 Å². The minimum absolute atomic E-state index is 0.0757. The highest BCUT2D eigenvalue weighted by atomic mass is 19.1. The van der Waals surface area contributed by atoms with Crippen LogP contribution in [0.2, 0.25) is 0 Å². The summed E-state index contributed by atoms with van der Waals surface area (Å²) in [5.41, 5.74) is 5.43. The first kappa shape index (κ1) is 20.2. The van der Waals surface area contributed by atoms with Crippen LogP contribution in [0.25, 0.3) is 16.8 Å². The highest BCUT2D eigenvalue weighted by Crippen LogP contribution is 2.32. The average molecular weight is 454 g/mol. The Balaban J connectivity index is 1.39. The molecule has 6 rings (SSSR count). The molecule has 34 heavy (non-hydrogen) atoms. The fourth-order valence-electron chi connectivity index (χ4n) is 4.64. The van der Waals surface area contributed by atoms with Crippen LogP contribution in [0.4, 0.5) is 10.3 Å². The topological polar surface area (TPSA) is 104 Å². The second-order valence-electron chi connectivity index (χ2n) is 8.26. The number of carbonyl (C=O) groups is 1. The second-order valence-corrected chi connectivity index (χ2v) is 8.26. The zero-order valence-corrected chi connectivity index (χ0v) is 18.1. The van der Waals surface area contributed by atoms with E-state index >= 15 is 0 Å². The number of rotatable bonds is 4. The molecule has 0 fully saturated rings. The van der Waals surface area contributed by atoms with Crippen LogP contribution in [0.15, 0.2) is 42.7 Å². The van der Waals surface area contributed by atoms with Gasteiger partial charge in [-0.15, -0.1) is 0 Å². The van der Waals surface area contributed by atoms with Gasteiger partial charge in [0.1, 0.15) is 17.6 Å². The van der Waals surface area contributed by atoms with E-state index in [1.807, 2.05) is 12.1 Å². The fourth-order valence-corrected chi connectivity index (χ4v) is 4.64. The van der Waals surface area contributed by atoms with Gasteiger partial charge in [-0.3, -0.25) is 9.20 Å². The molecular weight excluding hydrogens is 435 g/mol. The van der Waals surface area contributed by atoms with E-state index in [0.717, 1.165) is 28.7 Å². The molecule has 4 heterocycles.